The highest BCUT2D eigenvalue weighted by atomic mass is 16.2. The number of hydrogen-bond acceptors (Lipinski definition) is 2. The first-order valence-corrected chi connectivity index (χ1v) is 7.59. The van der Waals surface area contributed by atoms with E-state index < -0.39 is 5.54 Å². The second-order valence-electron chi connectivity index (χ2n) is 6.29. The van der Waals surface area contributed by atoms with Crippen molar-refractivity contribution in [2.45, 2.75) is 77.4 Å². The van der Waals surface area contributed by atoms with E-state index in [1.54, 1.807) is 0 Å². The second kappa shape index (κ2) is 5.14. The standard InChI is InChI=1S/C15H26N2O2/c1-5-11-13(18)16-15(4,6-2)14(19)17(11)12-9-7-8-10(12)3/h10-12H,5-9H2,1-4H3,(H,16,18). The van der Waals surface area contributed by atoms with E-state index in [1.165, 1.54) is 0 Å². The molecule has 1 aliphatic carbocycles. The molecule has 4 atom stereocenters. The highest BCUT2D eigenvalue weighted by molar-refractivity contribution is 5.99. The summed E-state index contributed by atoms with van der Waals surface area (Å²) in [5.74, 6) is 0.635. The Hall–Kier alpha value is -1.06. The number of hydrogen-bond donors (Lipinski definition) is 1. The first-order valence-electron chi connectivity index (χ1n) is 7.59. The van der Waals surface area contributed by atoms with Gasteiger partial charge in [0, 0.05) is 6.04 Å². The number of amides is 2. The lowest BCUT2D eigenvalue weighted by Crippen LogP contribution is -2.71. The zero-order chi connectivity index (χ0) is 14.2. The molecule has 108 valence electrons. The van der Waals surface area contributed by atoms with Crippen LogP contribution >= 0.6 is 0 Å². The van der Waals surface area contributed by atoms with Crippen molar-refractivity contribution in [3.05, 3.63) is 0 Å². The molecule has 1 aliphatic heterocycles. The molecule has 2 rings (SSSR count). The van der Waals surface area contributed by atoms with Gasteiger partial charge in [0.25, 0.3) is 0 Å². The predicted molar refractivity (Wildman–Crippen MR) is 74.6 cm³/mol. The predicted octanol–water partition coefficient (Wildman–Crippen LogP) is 2.08. The second-order valence-corrected chi connectivity index (χ2v) is 6.29. The maximum Gasteiger partial charge on any atom is 0.248 e. The molecule has 0 aromatic rings. The SMILES string of the molecule is CCC1C(=O)NC(C)(CC)C(=O)N1C1CCCC1C. The molecule has 4 nitrogen and oxygen atoms in total. The minimum atomic E-state index is -0.717. The van der Waals surface area contributed by atoms with Crippen molar-refractivity contribution in [3.63, 3.8) is 0 Å². The van der Waals surface area contributed by atoms with Gasteiger partial charge in [0.05, 0.1) is 0 Å². The van der Waals surface area contributed by atoms with Crippen molar-refractivity contribution in [3.8, 4) is 0 Å². The normalized spacial score (nSPS) is 39.6. The number of carbonyl (C=O) groups excluding carboxylic acids is 2. The van der Waals surface area contributed by atoms with Crippen LogP contribution in [0, 0.1) is 5.92 Å². The number of rotatable bonds is 3. The minimum absolute atomic E-state index is 0.0190. The Morgan fingerprint density at radius 3 is 2.47 bits per heavy atom. The van der Waals surface area contributed by atoms with Gasteiger partial charge in [-0.3, -0.25) is 9.59 Å². The average Bonchev–Trinajstić information content (AvgIpc) is 2.79. The lowest BCUT2D eigenvalue weighted by molar-refractivity contribution is -0.158. The van der Waals surface area contributed by atoms with Crippen molar-refractivity contribution < 1.29 is 9.59 Å². The molecule has 4 unspecified atom stereocenters. The van der Waals surface area contributed by atoms with Crippen LogP contribution in [0.4, 0.5) is 0 Å². The summed E-state index contributed by atoms with van der Waals surface area (Å²) in [6.07, 6.45) is 4.70. The van der Waals surface area contributed by atoms with E-state index >= 15 is 0 Å². The van der Waals surface area contributed by atoms with Gasteiger partial charge in [-0.1, -0.05) is 27.2 Å². The Morgan fingerprint density at radius 2 is 2.00 bits per heavy atom. The molecule has 0 bridgehead atoms. The fourth-order valence-electron chi connectivity index (χ4n) is 3.50. The fourth-order valence-corrected chi connectivity index (χ4v) is 3.50. The maximum atomic E-state index is 12.8. The van der Waals surface area contributed by atoms with Gasteiger partial charge in [0.2, 0.25) is 11.8 Å². The third kappa shape index (κ3) is 2.26. The van der Waals surface area contributed by atoms with Crippen molar-refractivity contribution >= 4 is 11.8 Å². The van der Waals surface area contributed by atoms with Crippen LogP contribution in [-0.4, -0.2) is 34.3 Å². The minimum Gasteiger partial charge on any atom is -0.340 e. The van der Waals surface area contributed by atoms with Gasteiger partial charge >= 0.3 is 0 Å². The van der Waals surface area contributed by atoms with Crippen molar-refractivity contribution in [1.82, 2.24) is 10.2 Å². The Bertz CT molecular complexity index is 382. The molecule has 1 N–H and O–H groups in total. The average molecular weight is 266 g/mol. The molecular formula is C15H26N2O2. The lowest BCUT2D eigenvalue weighted by Gasteiger charge is -2.47. The van der Waals surface area contributed by atoms with E-state index in [-0.39, 0.29) is 23.9 Å². The molecular weight excluding hydrogens is 240 g/mol. The fraction of sp³-hybridized carbons (Fsp3) is 0.867. The highest BCUT2D eigenvalue weighted by Crippen LogP contribution is 2.35. The molecule has 19 heavy (non-hydrogen) atoms. The molecule has 2 fully saturated rings. The van der Waals surface area contributed by atoms with E-state index in [2.05, 4.69) is 12.2 Å². The number of nitrogens with zero attached hydrogens (tertiary/aromatic N) is 1. The highest BCUT2D eigenvalue weighted by Gasteiger charge is 2.50. The Labute approximate surface area is 115 Å². The van der Waals surface area contributed by atoms with Crippen LogP contribution in [0.1, 0.15) is 59.8 Å². The van der Waals surface area contributed by atoms with Crippen LogP contribution in [-0.2, 0) is 9.59 Å². The van der Waals surface area contributed by atoms with Gasteiger partial charge in [-0.15, -0.1) is 0 Å². The Balaban J connectivity index is 2.34. The van der Waals surface area contributed by atoms with Crippen LogP contribution in [0.25, 0.3) is 0 Å². The number of nitrogens with one attached hydrogen (secondary N) is 1. The van der Waals surface area contributed by atoms with Gasteiger partial charge in [0.15, 0.2) is 0 Å². The smallest absolute Gasteiger partial charge is 0.248 e. The van der Waals surface area contributed by atoms with Crippen LogP contribution in [0.15, 0.2) is 0 Å². The molecule has 1 saturated heterocycles. The summed E-state index contributed by atoms with van der Waals surface area (Å²) < 4.78 is 0. The summed E-state index contributed by atoms with van der Waals surface area (Å²) in [6.45, 7) is 8.00. The molecule has 0 radical (unpaired) electrons. The van der Waals surface area contributed by atoms with Crippen LogP contribution < -0.4 is 5.32 Å². The molecule has 1 saturated carbocycles. The van der Waals surface area contributed by atoms with E-state index in [4.69, 9.17) is 0 Å². The maximum absolute atomic E-state index is 12.8. The first kappa shape index (κ1) is 14.4. The zero-order valence-corrected chi connectivity index (χ0v) is 12.5. The summed E-state index contributed by atoms with van der Waals surface area (Å²) in [7, 11) is 0. The summed E-state index contributed by atoms with van der Waals surface area (Å²) in [5, 5.41) is 2.93. The third-order valence-electron chi connectivity index (χ3n) is 5.01. The molecule has 0 aromatic heterocycles. The van der Waals surface area contributed by atoms with Gasteiger partial charge in [0.1, 0.15) is 11.6 Å². The zero-order valence-electron chi connectivity index (χ0n) is 12.5. The van der Waals surface area contributed by atoms with Crippen LogP contribution in [0.5, 0.6) is 0 Å². The van der Waals surface area contributed by atoms with E-state index in [1.807, 2.05) is 25.7 Å². The summed E-state index contributed by atoms with van der Waals surface area (Å²) in [4.78, 5) is 27.1. The topological polar surface area (TPSA) is 49.4 Å². The number of carbonyl (C=O) groups is 2. The van der Waals surface area contributed by atoms with Crippen molar-refractivity contribution in [1.29, 1.82) is 0 Å². The quantitative estimate of drug-likeness (QED) is 0.850. The monoisotopic (exact) mass is 266 g/mol. The Morgan fingerprint density at radius 1 is 1.32 bits per heavy atom. The van der Waals surface area contributed by atoms with E-state index in [9.17, 15) is 9.59 Å². The molecule has 2 aliphatic rings. The van der Waals surface area contributed by atoms with E-state index in [0.29, 0.717) is 18.8 Å². The molecule has 1 heterocycles. The van der Waals surface area contributed by atoms with Gasteiger partial charge in [-0.25, -0.2) is 0 Å². The van der Waals surface area contributed by atoms with Gasteiger partial charge in [-0.05, 0) is 38.5 Å². The third-order valence-corrected chi connectivity index (χ3v) is 5.01. The van der Waals surface area contributed by atoms with E-state index in [0.717, 1.165) is 19.3 Å². The van der Waals surface area contributed by atoms with Crippen LogP contribution in [0.2, 0.25) is 0 Å². The van der Waals surface area contributed by atoms with Gasteiger partial charge in [-0.2, -0.15) is 0 Å². The van der Waals surface area contributed by atoms with Crippen molar-refractivity contribution in [2.75, 3.05) is 0 Å². The first-order chi connectivity index (χ1) is 8.94. The Kier molecular flexibility index (Phi) is 3.88. The van der Waals surface area contributed by atoms with Gasteiger partial charge < -0.3 is 10.2 Å². The molecule has 0 aromatic carbocycles. The summed E-state index contributed by atoms with van der Waals surface area (Å²) in [5.41, 5.74) is -0.717. The molecule has 2 amide bonds. The number of piperazine rings is 1. The molecule has 0 spiro atoms. The van der Waals surface area contributed by atoms with Crippen LogP contribution in [0.3, 0.4) is 0 Å². The lowest BCUT2D eigenvalue weighted by atomic mass is 9.88. The van der Waals surface area contributed by atoms with Crippen molar-refractivity contribution in [2.24, 2.45) is 5.92 Å². The summed E-state index contributed by atoms with van der Waals surface area (Å²) in [6, 6.07) is -0.0351. The summed E-state index contributed by atoms with van der Waals surface area (Å²) >= 11 is 0. The molecule has 4 heteroatoms. The largest absolute Gasteiger partial charge is 0.340 e.